The summed E-state index contributed by atoms with van der Waals surface area (Å²) in [4.78, 5) is 19.0. The van der Waals surface area contributed by atoms with Crippen LogP contribution in [0.5, 0.6) is 5.88 Å². The average molecular weight is 464 g/mol. The monoisotopic (exact) mass is 463 g/mol. The van der Waals surface area contributed by atoms with Gasteiger partial charge in [0, 0.05) is 24.2 Å². The molecule has 10 nitrogen and oxygen atoms in total. The molecule has 4 heterocycles. The molecule has 10 heteroatoms. The molecule has 0 aromatic carbocycles. The molecule has 34 heavy (non-hydrogen) atoms. The zero-order valence-corrected chi connectivity index (χ0v) is 19.9. The van der Waals surface area contributed by atoms with Gasteiger partial charge in [-0.2, -0.15) is 5.26 Å². The zero-order valence-electron chi connectivity index (χ0n) is 19.9. The van der Waals surface area contributed by atoms with Crippen LogP contribution in [0.25, 0.3) is 16.9 Å². The maximum atomic E-state index is 12.8. The lowest BCUT2D eigenvalue weighted by Gasteiger charge is -2.40. The Morgan fingerprint density at radius 2 is 2.03 bits per heavy atom. The predicted molar refractivity (Wildman–Crippen MR) is 123 cm³/mol. The summed E-state index contributed by atoms with van der Waals surface area (Å²) < 4.78 is 9.02. The number of nitrogens with zero attached hydrogens (tertiary/aromatic N) is 7. The van der Waals surface area contributed by atoms with Crippen LogP contribution in [0.15, 0.2) is 18.3 Å². The molecule has 1 saturated heterocycles. The van der Waals surface area contributed by atoms with Gasteiger partial charge in [-0.3, -0.25) is 4.40 Å². The van der Waals surface area contributed by atoms with Crippen molar-refractivity contribution in [1.82, 2.24) is 29.3 Å². The van der Waals surface area contributed by atoms with E-state index >= 15 is 0 Å². The second-order valence-electron chi connectivity index (χ2n) is 10.3. The molecule has 2 aliphatic rings. The van der Waals surface area contributed by atoms with Crippen molar-refractivity contribution in [2.45, 2.75) is 71.1 Å². The van der Waals surface area contributed by atoms with E-state index in [1.165, 1.54) is 10.6 Å². The van der Waals surface area contributed by atoms with E-state index in [0.717, 1.165) is 31.4 Å². The summed E-state index contributed by atoms with van der Waals surface area (Å²) in [6.45, 7) is 8.26. The minimum Gasteiger partial charge on any atom is -0.494 e. The van der Waals surface area contributed by atoms with E-state index in [0.29, 0.717) is 29.4 Å². The van der Waals surface area contributed by atoms with Gasteiger partial charge in [-0.25, -0.2) is 14.5 Å². The number of likely N-dealkylation sites (tertiary alicyclic amines) is 1. The molecule has 1 amide bonds. The molecule has 2 fully saturated rings. The maximum Gasteiger partial charge on any atom is 0.410 e. The third-order valence-corrected chi connectivity index (χ3v) is 6.66. The van der Waals surface area contributed by atoms with Crippen LogP contribution >= 0.6 is 0 Å². The lowest BCUT2D eigenvalue weighted by Crippen LogP contribution is -2.49. The van der Waals surface area contributed by atoms with Crippen LogP contribution < -0.4 is 0 Å². The fourth-order valence-electron chi connectivity index (χ4n) is 4.94. The number of amides is 1. The molecule has 5 rings (SSSR count). The number of aromatic hydroxyl groups is 1. The molecule has 0 radical (unpaired) electrons. The van der Waals surface area contributed by atoms with Crippen molar-refractivity contribution in [3.63, 3.8) is 0 Å². The summed E-state index contributed by atoms with van der Waals surface area (Å²) in [5.41, 5.74) is 2.46. The fraction of sp³-hybridized carbons (Fsp3) is 0.542. The molecule has 3 aromatic heterocycles. The first-order chi connectivity index (χ1) is 16.2. The topological polar surface area (TPSA) is 122 Å². The first kappa shape index (κ1) is 22.2. The van der Waals surface area contributed by atoms with Crippen molar-refractivity contribution in [3.05, 3.63) is 29.7 Å². The van der Waals surface area contributed by atoms with Crippen molar-refractivity contribution < 1.29 is 14.6 Å². The highest BCUT2D eigenvalue weighted by Crippen LogP contribution is 2.43. The Hall–Kier alpha value is -3.61. The predicted octanol–water partition coefficient (Wildman–Crippen LogP) is 3.83. The highest BCUT2D eigenvalue weighted by molar-refractivity contribution is 5.69. The fourth-order valence-corrected chi connectivity index (χ4v) is 4.94. The second kappa shape index (κ2) is 8.01. The molecule has 1 saturated carbocycles. The number of imidazole rings is 1. The number of hydrogen-bond donors (Lipinski definition) is 1. The van der Waals surface area contributed by atoms with Crippen LogP contribution in [0.1, 0.15) is 63.9 Å². The first-order valence-corrected chi connectivity index (χ1v) is 11.7. The molecule has 3 aromatic rings. The van der Waals surface area contributed by atoms with E-state index in [1.807, 2.05) is 43.3 Å². The molecule has 178 valence electrons. The van der Waals surface area contributed by atoms with E-state index in [1.54, 1.807) is 12.1 Å². The van der Waals surface area contributed by atoms with E-state index in [4.69, 9.17) is 4.74 Å². The Morgan fingerprint density at radius 1 is 1.26 bits per heavy atom. The number of piperidine rings is 1. The number of hydrogen-bond acceptors (Lipinski definition) is 7. The zero-order chi connectivity index (χ0) is 24.2. The molecule has 2 atom stereocenters. The molecular weight excluding hydrogens is 434 g/mol. The summed E-state index contributed by atoms with van der Waals surface area (Å²) >= 11 is 0. The van der Waals surface area contributed by atoms with Gasteiger partial charge in [0.25, 0.3) is 0 Å². The van der Waals surface area contributed by atoms with Gasteiger partial charge in [-0.1, -0.05) is 5.21 Å². The van der Waals surface area contributed by atoms with Crippen molar-refractivity contribution >= 4 is 11.7 Å². The smallest absolute Gasteiger partial charge is 0.410 e. The molecule has 1 N–H and O–H groups in total. The molecule has 0 unspecified atom stereocenters. The molecule has 0 bridgehead atoms. The van der Waals surface area contributed by atoms with Gasteiger partial charge >= 0.3 is 6.09 Å². The quantitative estimate of drug-likeness (QED) is 0.626. The summed E-state index contributed by atoms with van der Waals surface area (Å²) in [5.74, 6) is 0.433. The third-order valence-electron chi connectivity index (χ3n) is 6.66. The van der Waals surface area contributed by atoms with Crippen molar-refractivity contribution in [2.24, 2.45) is 5.92 Å². The standard InChI is InChI=1S/C24H29N7O3/c1-14-22(16-9-20-26-13-18(12-25)30(20)21(32)10-16)27-28-31(14)17-7-8-29(19(11-17)15-5-6-15)23(33)34-24(2,3)4/h9-10,13,15,17,19,32H,5-8,11H2,1-4H3/t17-,19+/m1/s1. The molecule has 1 aliphatic heterocycles. The number of nitriles is 1. The normalized spacial score (nSPS) is 21.0. The Kier molecular flexibility index (Phi) is 5.23. The van der Waals surface area contributed by atoms with Gasteiger partial charge in [0.05, 0.1) is 17.9 Å². The van der Waals surface area contributed by atoms with E-state index < -0.39 is 5.60 Å². The van der Waals surface area contributed by atoms with Gasteiger partial charge in [-0.05, 0) is 65.4 Å². The van der Waals surface area contributed by atoms with Crippen molar-refractivity contribution in [2.75, 3.05) is 6.54 Å². The highest BCUT2D eigenvalue weighted by Gasteiger charge is 2.43. The third kappa shape index (κ3) is 3.95. The van der Waals surface area contributed by atoms with Crippen LogP contribution in [0.4, 0.5) is 4.79 Å². The van der Waals surface area contributed by atoms with Gasteiger partial charge in [0.2, 0.25) is 0 Å². The molecular formula is C24H29N7O3. The van der Waals surface area contributed by atoms with E-state index in [2.05, 4.69) is 15.3 Å². The lowest BCUT2D eigenvalue weighted by atomic mass is 9.94. The van der Waals surface area contributed by atoms with E-state index in [-0.39, 0.29) is 29.8 Å². The number of ether oxygens (including phenoxy) is 1. The number of fused-ring (bicyclic) bond motifs is 1. The Bertz CT molecular complexity index is 1290. The lowest BCUT2D eigenvalue weighted by molar-refractivity contribution is 0.00131. The van der Waals surface area contributed by atoms with Gasteiger partial charge in [0.15, 0.2) is 5.88 Å². The Morgan fingerprint density at radius 3 is 2.71 bits per heavy atom. The number of rotatable bonds is 3. The summed E-state index contributed by atoms with van der Waals surface area (Å²) in [5, 5.41) is 28.6. The summed E-state index contributed by atoms with van der Waals surface area (Å²) in [6, 6.07) is 5.65. The minimum atomic E-state index is -0.519. The van der Waals surface area contributed by atoms with E-state index in [9.17, 15) is 15.2 Å². The van der Waals surface area contributed by atoms with Gasteiger partial charge < -0.3 is 14.7 Å². The largest absolute Gasteiger partial charge is 0.494 e. The minimum absolute atomic E-state index is 0.0741. The maximum absolute atomic E-state index is 12.8. The first-order valence-electron chi connectivity index (χ1n) is 11.7. The SMILES string of the molecule is Cc1c(-c2cc(O)n3c(C#N)cnc3c2)nnn1[C@@H]1CCN(C(=O)OC(C)(C)C)[C@H](C2CC2)C1. The average Bonchev–Trinajstić information content (AvgIpc) is 3.43. The van der Waals surface area contributed by atoms with Crippen LogP contribution in [0.2, 0.25) is 0 Å². The van der Waals surface area contributed by atoms with Gasteiger partial charge in [-0.15, -0.1) is 5.10 Å². The summed E-state index contributed by atoms with van der Waals surface area (Å²) in [6.07, 6.45) is 5.03. The van der Waals surface area contributed by atoms with Crippen molar-refractivity contribution in [1.29, 1.82) is 5.26 Å². The number of aromatic nitrogens is 5. The van der Waals surface area contributed by atoms with Crippen molar-refractivity contribution in [3.8, 4) is 23.2 Å². The molecule has 0 spiro atoms. The number of pyridine rings is 1. The Balaban J connectivity index is 1.40. The van der Waals surface area contributed by atoms with Crippen LogP contribution in [0, 0.1) is 24.2 Å². The number of carbonyl (C=O) groups is 1. The second-order valence-corrected chi connectivity index (χ2v) is 10.3. The van der Waals surface area contributed by atoms with Gasteiger partial charge in [0.1, 0.15) is 28.7 Å². The summed E-state index contributed by atoms with van der Waals surface area (Å²) in [7, 11) is 0. The molecule has 1 aliphatic carbocycles. The van der Waals surface area contributed by atoms with Crippen LogP contribution in [-0.2, 0) is 4.74 Å². The Labute approximate surface area is 197 Å². The van der Waals surface area contributed by atoms with Crippen LogP contribution in [-0.4, -0.2) is 58.7 Å². The highest BCUT2D eigenvalue weighted by atomic mass is 16.6. The number of carbonyl (C=O) groups excluding carboxylic acids is 1. The van der Waals surface area contributed by atoms with Crippen LogP contribution in [0.3, 0.4) is 0 Å².